The fourth-order valence-corrected chi connectivity index (χ4v) is 5.23. The van der Waals surface area contributed by atoms with Gasteiger partial charge in [0.15, 0.2) is 0 Å². The molecule has 0 radical (unpaired) electrons. The number of nitrogens with one attached hydrogen (secondary N) is 2. The predicted octanol–water partition coefficient (Wildman–Crippen LogP) is 2.63. The third-order valence-electron chi connectivity index (χ3n) is 7.22. The first-order valence-electron chi connectivity index (χ1n) is 12.2. The molecule has 3 fully saturated rings. The van der Waals surface area contributed by atoms with E-state index < -0.39 is 0 Å². The smallest absolute Gasteiger partial charge is 0.238 e. The van der Waals surface area contributed by atoms with E-state index in [2.05, 4.69) is 30.5 Å². The highest BCUT2D eigenvalue weighted by Crippen LogP contribution is 2.28. The molecule has 1 aliphatic carbocycles. The molecule has 4 rings (SSSR count). The van der Waals surface area contributed by atoms with Crippen molar-refractivity contribution in [3.05, 3.63) is 40.3 Å². The first kappa shape index (κ1) is 24.2. The Morgan fingerprint density at radius 3 is 2.35 bits per heavy atom. The van der Waals surface area contributed by atoms with Gasteiger partial charge < -0.3 is 10.2 Å². The minimum Gasteiger partial charge on any atom is -0.325 e. The molecule has 0 aromatic heterocycles. The van der Waals surface area contributed by atoms with Crippen molar-refractivity contribution in [1.82, 2.24) is 15.1 Å². The lowest BCUT2D eigenvalue weighted by Crippen LogP contribution is -2.49. The van der Waals surface area contributed by atoms with Crippen LogP contribution in [0.25, 0.3) is 10.4 Å². The highest BCUT2D eigenvalue weighted by molar-refractivity contribution is 6.01. The lowest BCUT2D eigenvalue weighted by Gasteiger charge is -2.37. The average Bonchev–Trinajstić information content (AvgIpc) is 2.82. The fraction of sp³-hybridized carbons (Fsp3) is 0.625. The largest absolute Gasteiger partial charge is 0.325 e. The molecule has 2 N–H and O–H groups in total. The number of benzene rings is 1. The summed E-state index contributed by atoms with van der Waals surface area (Å²) in [5.74, 6) is -0.171. The molecule has 3 amide bonds. The second-order valence-electron chi connectivity index (χ2n) is 9.63. The maximum absolute atomic E-state index is 12.5. The Balaban J connectivity index is 1.16. The summed E-state index contributed by atoms with van der Waals surface area (Å²) in [5, 5.41) is 9.18. The van der Waals surface area contributed by atoms with Gasteiger partial charge in [-0.2, -0.15) is 0 Å². The monoisotopic (exact) mass is 467 g/mol. The van der Waals surface area contributed by atoms with E-state index in [0.29, 0.717) is 31.0 Å². The van der Waals surface area contributed by atoms with Crippen molar-refractivity contribution in [2.45, 2.75) is 50.5 Å². The molecule has 10 heteroatoms. The van der Waals surface area contributed by atoms with Crippen molar-refractivity contribution in [3.63, 3.8) is 0 Å². The van der Waals surface area contributed by atoms with Gasteiger partial charge in [0, 0.05) is 55.8 Å². The average molecular weight is 468 g/mol. The number of piperidine rings is 1. The van der Waals surface area contributed by atoms with Crippen LogP contribution < -0.4 is 10.6 Å². The highest BCUT2D eigenvalue weighted by atomic mass is 16.2. The van der Waals surface area contributed by atoms with Gasteiger partial charge in [0.25, 0.3) is 0 Å². The lowest BCUT2D eigenvalue weighted by molar-refractivity contribution is -0.134. The van der Waals surface area contributed by atoms with Gasteiger partial charge in [-0.15, -0.1) is 0 Å². The highest BCUT2D eigenvalue weighted by Gasteiger charge is 2.28. The van der Waals surface area contributed by atoms with E-state index in [4.69, 9.17) is 5.53 Å². The predicted molar refractivity (Wildman–Crippen MR) is 128 cm³/mol. The molecule has 1 unspecified atom stereocenters. The second kappa shape index (κ2) is 11.5. The summed E-state index contributed by atoms with van der Waals surface area (Å²) in [6.45, 7) is 5.11. The number of imide groups is 1. The summed E-state index contributed by atoms with van der Waals surface area (Å²) >= 11 is 0. The van der Waals surface area contributed by atoms with Crippen molar-refractivity contribution < 1.29 is 14.4 Å². The molecule has 182 valence electrons. The Hall–Kier alpha value is -2.94. The molecule has 1 aromatic carbocycles. The summed E-state index contributed by atoms with van der Waals surface area (Å²) in [6, 6.07) is 7.48. The van der Waals surface area contributed by atoms with E-state index in [1.54, 1.807) is 0 Å². The SMILES string of the molecule is [N-]=[N+]=NC1CCC(CN2CCN(CC(=O)Nc3ccc(C4CCC(=O)NC4=O)cc3)CC2)CC1. The van der Waals surface area contributed by atoms with Crippen LogP contribution >= 0.6 is 0 Å². The minimum absolute atomic E-state index is 0.0430. The standard InChI is InChI=1S/C24H33N7O3/c25-29-28-20-5-1-17(2-6-20)15-30-11-13-31(14-12-30)16-23(33)26-19-7-3-18(4-8-19)21-9-10-22(32)27-24(21)34/h3-4,7-8,17,20-21H,1-2,5-6,9-16H2,(H,26,33)(H,27,32,34). The Bertz CT molecular complexity index is 928. The zero-order valence-electron chi connectivity index (χ0n) is 19.5. The first-order chi connectivity index (χ1) is 16.5. The van der Waals surface area contributed by atoms with E-state index in [-0.39, 0.29) is 29.7 Å². The van der Waals surface area contributed by atoms with Crippen LogP contribution in [-0.4, -0.2) is 72.8 Å². The Morgan fingerprint density at radius 1 is 1.03 bits per heavy atom. The van der Waals surface area contributed by atoms with Gasteiger partial charge in [-0.25, -0.2) is 0 Å². The van der Waals surface area contributed by atoms with E-state index in [1.807, 2.05) is 24.3 Å². The second-order valence-corrected chi connectivity index (χ2v) is 9.63. The molecule has 2 heterocycles. The number of hydrogen-bond donors (Lipinski definition) is 2. The molecule has 1 aromatic rings. The van der Waals surface area contributed by atoms with Crippen molar-refractivity contribution in [2.75, 3.05) is 44.6 Å². The summed E-state index contributed by atoms with van der Waals surface area (Å²) < 4.78 is 0. The molecule has 3 aliphatic rings. The zero-order chi connectivity index (χ0) is 23.9. The van der Waals surface area contributed by atoms with Crippen LogP contribution in [0.3, 0.4) is 0 Å². The normalized spacial score (nSPS) is 26.4. The third kappa shape index (κ3) is 6.56. The number of rotatable bonds is 7. The van der Waals surface area contributed by atoms with Crippen LogP contribution in [0.15, 0.2) is 29.4 Å². The van der Waals surface area contributed by atoms with Gasteiger partial charge in [0.2, 0.25) is 17.7 Å². The number of azide groups is 1. The summed E-state index contributed by atoms with van der Waals surface area (Å²) in [6.07, 6.45) is 5.08. The fourth-order valence-electron chi connectivity index (χ4n) is 5.23. The van der Waals surface area contributed by atoms with Gasteiger partial charge in [-0.1, -0.05) is 17.2 Å². The number of carbonyl (C=O) groups excluding carboxylic acids is 3. The van der Waals surface area contributed by atoms with Gasteiger partial charge in [-0.05, 0) is 61.2 Å². The van der Waals surface area contributed by atoms with Gasteiger partial charge >= 0.3 is 0 Å². The zero-order valence-corrected chi connectivity index (χ0v) is 19.5. The minimum atomic E-state index is -0.320. The Labute approximate surface area is 199 Å². The molecule has 2 saturated heterocycles. The van der Waals surface area contributed by atoms with Crippen molar-refractivity contribution in [2.24, 2.45) is 11.0 Å². The van der Waals surface area contributed by atoms with Gasteiger partial charge in [-0.3, -0.25) is 24.6 Å². The molecule has 0 bridgehead atoms. The molecule has 10 nitrogen and oxygen atoms in total. The molecule has 2 aliphatic heterocycles. The molecule has 0 spiro atoms. The van der Waals surface area contributed by atoms with Crippen LogP contribution in [-0.2, 0) is 14.4 Å². The quantitative estimate of drug-likeness (QED) is 0.275. The number of carbonyl (C=O) groups is 3. The maximum atomic E-state index is 12.5. The first-order valence-corrected chi connectivity index (χ1v) is 12.2. The molecular formula is C24H33N7O3. The Morgan fingerprint density at radius 2 is 1.71 bits per heavy atom. The number of anilines is 1. The molecular weight excluding hydrogens is 434 g/mol. The number of piperazine rings is 1. The third-order valence-corrected chi connectivity index (χ3v) is 7.22. The van der Waals surface area contributed by atoms with Gasteiger partial charge in [0.1, 0.15) is 0 Å². The van der Waals surface area contributed by atoms with Crippen molar-refractivity contribution in [1.29, 1.82) is 0 Å². The van der Waals surface area contributed by atoms with Crippen LogP contribution in [0, 0.1) is 5.92 Å². The molecule has 34 heavy (non-hydrogen) atoms. The van der Waals surface area contributed by atoms with Crippen molar-refractivity contribution in [3.8, 4) is 0 Å². The summed E-state index contributed by atoms with van der Waals surface area (Å²) in [7, 11) is 0. The molecule has 1 saturated carbocycles. The Kier molecular flexibility index (Phi) is 8.16. The topological polar surface area (TPSA) is 131 Å². The van der Waals surface area contributed by atoms with Crippen LogP contribution in [0.2, 0.25) is 0 Å². The van der Waals surface area contributed by atoms with Crippen LogP contribution in [0.1, 0.15) is 50.0 Å². The van der Waals surface area contributed by atoms with E-state index >= 15 is 0 Å². The number of hydrogen-bond acceptors (Lipinski definition) is 6. The maximum Gasteiger partial charge on any atom is 0.238 e. The van der Waals surface area contributed by atoms with E-state index in [1.165, 1.54) is 0 Å². The van der Waals surface area contributed by atoms with Gasteiger partial charge in [0.05, 0.1) is 12.5 Å². The van der Waals surface area contributed by atoms with E-state index in [9.17, 15) is 14.4 Å². The van der Waals surface area contributed by atoms with Crippen LogP contribution in [0.5, 0.6) is 0 Å². The summed E-state index contributed by atoms with van der Waals surface area (Å²) in [4.78, 5) is 43.5. The van der Waals surface area contributed by atoms with Crippen LogP contribution in [0.4, 0.5) is 5.69 Å². The molecule has 1 atom stereocenters. The number of amides is 3. The summed E-state index contributed by atoms with van der Waals surface area (Å²) in [5.41, 5.74) is 10.1. The lowest BCUT2D eigenvalue weighted by atomic mass is 9.86. The number of nitrogens with zero attached hydrogens (tertiary/aromatic N) is 5. The van der Waals surface area contributed by atoms with Crippen molar-refractivity contribution >= 4 is 23.4 Å². The van der Waals surface area contributed by atoms with E-state index in [0.717, 1.165) is 64.0 Å².